The Morgan fingerprint density at radius 2 is 1.92 bits per heavy atom. The van der Waals surface area contributed by atoms with Gasteiger partial charge < -0.3 is 10.6 Å². The van der Waals surface area contributed by atoms with Crippen molar-refractivity contribution in [3.63, 3.8) is 0 Å². The van der Waals surface area contributed by atoms with Gasteiger partial charge in [-0.2, -0.15) is 0 Å². The lowest BCUT2D eigenvalue weighted by Crippen LogP contribution is -2.29. The van der Waals surface area contributed by atoms with Crippen LogP contribution in [0.15, 0.2) is 48.8 Å². The molecule has 2 heterocycles. The zero-order valence-electron chi connectivity index (χ0n) is 13.7. The minimum Gasteiger partial charge on any atom is -0.352 e. The smallest absolute Gasteiger partial charge is 0.229 e. The average Bonchev–Trinajstić information content (AvgIpc) is 3.28. The van der Waals surface area contributed by atoms with E-state index in [-0.39, 0.29) is 17.6 Å². The average molecular weight is 335 g/mol. The lowest BCUT2D eigenvalue weighted by atomic mass is 9.92. The number of benzene rings is 1. The van der Waals surface area contributed by atoms with Crippen molar-refractivity contribution < 1.29 is 14.4 Å². The highest BCUT2D eigenvalue weighted by atomic mass is 16.2. The molecule has 6 heteroatoms. The van der Waals surface area contributed by atoms with Gasteiger partial charge in [0, 0.05) is 24.5 Å². The second-order valence-electron chi connectivity index (χ2n) is 6.68. The maximum Gasteiger partial charge on any atom is 0.229 e. The molecule has 0 spiro atoms. The van der Waals surface area contributed by atoms with Gasteiger partial charge in [-0.1, -0.05) is 19.1 Å². The first-order valence-corrected chi connectivity index (χ1v) is 8.15. The molecule has 3 atom stereocenters. The van der Waals surface area contributed by atoms with Gasteiger partial charge in [-0.3, -0.25) is 19.4 Å². The molecule has 1 aliphatic heterocycles. The second kappa shape index (κ2) is 5.51. The van der Waals surface area contributed by atoms with Crippen molar-refractivity contribution in [2.24, 2.45) is 17.3 Å². The largest absolute Gasteiger partial charge is 0.352 e. The normalized spacial score (nSPS) is 26.8. The predicted octanol–water partition coefficient (Wildman–Crippen LogP) is 1.79. The molecule has 1 aromatic carbocycles. The van der Waals surface area contributed by atoms with Crippen LogP contribution in [0, 0.1) is 17.3 Å². The summed E-state index contributed by atoms with van der Waals surface area (Å²) < 4.78 is 0. The molecule has 0 bridgehead atoms. The van der Waals surface area contributed by atoms with E-state index in [1.165, 1.54) is 0 Å². The number of pyridine rings is 1. The SMILES string of the molecule is C[C@]12C(=O)c3ccccc3NC(=O)[C@H]1[C@H]2C(=O)NCc1ccncc1. The number of nitrogens with one attached hydrogen (secondary N) is 2. The molecule has 2 N–H and O–H groups in total. The van der Waals surface area contributed by atoms with Gasteiger partial charge in [-0.05, 0) is 29.8 Å². The molecular weight excluding hydrogens is 318 g/mol. The highest BCUT2D eigenvalue weighted by molar-refractivity contribution is 6.19. The molecule has 6 nitrogen and oxygen atoms in total. The number of anilines is 1. The van der Waals surface area contributed by atoms with E-state index in [2.05, 4.69) is 15.6 Å². The Labute approximate surface area is 144 Å². The molecule has 0 saturated heterocycles. The Balaban J connectivity index is 1.57. The number of para-hydroxylation sites is 1. The topological polar surface area (TPSA) is 88.2 Å². The molecule has 1 aliphatic carbocycles. The van der Waals surface area contributed by atoms with E-state index in [0.29, 0.717) is 17.8 Å². The second-order valence-corrected chi connectivity index (χ2v) is 6.68. The van der Waals surface area contributed by atoms with Gasteiger partial charge in [0.25, 0.3) is 0 Å². The summed E-state index contributed by atoms with van der Waals surface area (Å²) in [7, 11) is 0. The highest BCUT2D eigenvalue weighted by Crippen LogP contribution is 2.62. The van der Waals surface area contributed by atoms with Crippen molar-refractivity contribution in [3.05, 3.63) is 59.9 Å². The molecule has 0 radical (unpaired) electrons. The van der Waals surface area contributed by atoms with Crippen LogP contribution in [-0.2, 0) is 16.1 Å². The van der Waals surface area contributed by atoms with Crippen LogP contribution in [0.5, 0.6) is 0 Å². The third-order valence-electron chi connectivity index (χ3n) is 5.22. The Morgan fingerprint density at radius 3 is 2.68 bits per heavy atom. The summed E-state index contributed by atoms with van der Waals surface area (Å²) >= 11 is 0. The molecular formula is C19H17N3O3. The summed E-state index contributed by atoms with van der Waals surface area (Å²) in [6.45, 7) is 2.05. The van der Waals surface area contributed by atoms with Crippen LogP contribution < -0.4 is 10.6 Å². The first-order valence-electron chi connectivity index (χ1n) is 8.15. The molecule has 126 valence electrons. The standard InChI is InChI=1S/C19H17N3O3/c1-19-14(17(24)21-10-11-6-8-20-9-7-11)15(19)18(25)22-13-5-3-2-4-12(13)16(19)23/h2-9,14-15H,10H2,1H3,(H,21,24)(H,22,25)/t14-,15+,19+/m0/s1. The Bertz CT molecular complexity index is 880. The van der Waals surface area contributed by atoms with Crippen LogP contribution in [0.3, 0.4) is 0 Å². The molecule has 4 rings (SSSR count). The van der Waals surface area contributed by atoms with Crippen LogP contribution in [0.4, 0.5) is 5.69 Å². The maximum absolute atomic E-state index is 13.0. The summed E-state index contributed by atoms with van der Waals surface area (Å²) in [6, 6.07) is 10.5. The fraction of sp³-hybridized carbons (Fsp3) is 0.263. The number of fused-ring (bicyclic) bond motifs is 2. The van der Waals surface area contributed by atoms with Crippen molar-refractivity contribution in [1.82, 2.24) is 10.3 Å². The highest BCUT2D eigenvalue weighted by Gasteiger charge is 2.73. The fourth-order valence-corrected chi connectivity index (χ4v) is 3.73. The van der Waals surface area contributed by atoms with Crippen LogP contribution in [0.1, 0.15) is 22.8 Å². The number of ketones is 1. The number of Topliss-reactive ketones (excluding diaryl/α,β-unsaturated/α-hetero) is 1. The number of hydrogen-bond acceptors (Lipinski definition) is 4. The third-order valence-corrected chi connectivity index (χ3v) is 5.22. The molecule has 25 heavy (non-hydrogen) atoms. The Kier molecular flexibility index (Phi) is 3.42. The molecule has 2 aliphatic rings. The molecule has 2 amide bonds. The Hall–Kier alpha value is -3.02. The number of carbonyl (C=O) groups excluding carboxylic acids is 3. The number of nitrogens with zero attached hydrogens (tertiary/aromatic N) is 1. The minimum absolute atomic E-state index is 0.157. The minimum atomic E-state index is -0.987. The first-order chi connectivity index (χ1) is 12.0. The summed E-state index contributed by atoms with van der Waals surface area (Å²) in [5.41, 5.74) is 0.904. The van der Waals surface area contributed by atoms with Gasteiger partial charge in [-0.25, -0.2) is 0 Å². The van der Waals surface area contributed by atoms with E-state index in [4.69, 9.17) is 0 Å². The lowest BCUT2D eigenvalue weighted by molar-refractivity contribution is -0.125. The predicted molar refractivity (Wildman–Crippen MR) is 90.6 cm³/mol. The summed E-state index contributed by atoms with van der Waals surface area (Å²) in [5.74, 6) is -1.98. The van der Waals surface area contributed by atoms with Crippen LogP contribution in [-0.4, -0.2) is 22.6 Å². The van der Waals surface area contributed by atoms with Gasteiger partial charge in [0.15, 0.2) is 5.78 Å². The molecule has 2 aromatic rings. The zero-order valence-corrected chi connectivity index (χ0v) is 13.7. The third kappa shape index (κ3) is 2.33. The van der Waals surface area contributed by atoms with E-state index in [1.54, 1.807) is 55.7 Å². The van der Waals surface area contributed by atoms with Crippen LogP contribution in [0.25, 0.3) is 0 Å². The van der Waals surface area contributed by atoms with E-state index in [0.717, 1.165) is 5.56 Å². The summed E-state index contributed by atoms with van der Waals surface area (Å²) in [5, 5.41) is 5.61. The zero-order chi connectivity index (χ0) is 17.6. The first kappa shape index (κ1) is 15.5. The Morgan fingerprint density at radius 1 is 1.20 bits per heavy atom. The van der Waals surface area contributed by atoms with E-state index in [1.807, 2.05) is 0 Å². The van der Waals surface area contributed by atoms with Crippen molar-refractivity contribution >= 4 is 23.3 Å². The fourth-order valence-electron chi connectivity index (χ4n) is 3.73. The number of hydrogen-bond donors (Lipinski definition) is 2. The van der Waals surface area contributed by atoms with Gasteiger partial charge >= 0.3 is 0 Å². The number of carbonyl (C=O) groups is 3. The van der Waals surface area contributed by atoms with Crippen LogP contribution >= 0.6 is 0 Å². The van der Waals surface area contributed by atoms with E-state index in [9.17, 15) is 14.4 Å². The van der Waals surface area contributed by atoms with Crippen molar-refractivity contribution in [2.45, 2.75) is 13.5 Å². The van der Waals surface area contributed by atoms with E-state index < -0.39 is 17.3 Å². The van der Waals surface area contributed by atoms with Gasteiger partial charge in [0.05, 0.1) is 22.9 Å². The van der Waals surface area contributed by atoms with Crippen molar-refractivity contribution in [1.29, 1.82) is 0 Å². The van der Waals surface area contributed by atoms with E-state index >= 15 is 0 Å². The monoisotopic (exact) mass is 335 g/mol. The molecule has 1 fully saturated rings. The lowest BCUT2D eigenvalue weighted by Gasteiger charge is -2.12. The number of aromatic nitrogens is 1. The van der Waals surface area contributed by atoms with Gasteiger partial charge in [0.2, 0.25) is 11.8 Å². The quantitative estimate of drug-likeness (QED) is 0.895. The number of amides is 2. The van der Waals surface area contributed by atoms with Gasteiger partial charge in [-0.15, -0.1) is 0 Å². The van der Waals surface area contributed by atoms with Crippen molar-refractivity contribution in [2.75, 3.05) is 5.32 Å². The summed E-state index contributed by atoms with van der Waals surface area (Å²) in [4.78, 5) is 42.0. The molecule has 1 aromatic heterocycles. The summed E-state index contributed by atoms with van der Waals surface area (Å²) in [6.07, 6.45) is 3.30. The molecule has 1 saturated carbocycles. The number of rotatable bonds is 3. The molecule has 0 unspecified atom stereocenters. The van der Waals surface area contributed by atoms with Crippen LogP contribution in [0.2, 0.25) is 0 Å². The van der Waals surface area contributed by atoms with Crippen molar-refractivity contribution in [3.8, 4) is 0 Å². The van der Waals surface area contributed by atoms with Gasteiger partial charge in [0.1, 0.15) is 0 Å². The maximum atomic E-state index is 13.0.